The highest BCUT2D eigenvalue weighted by molar-refractivity contribution is 7.99. The summed E-state index contributed by atoms with van der Waals surface area (Å²) in [5, 5.41) is 14.4. The van der Waals surface area contributed by atoms with Crippen molar-refractivity contribution >= 4 is 29.3 Å². The largest absolute Gasteiger partial charge is 0.497 e. The molecule has 3 aromatic rings. The number of alkyl halides is 3. The molecule has 0 saturated heterocycles. The van der Waals surface area contributed by atoms with Crippen molar-refractivity contribution in [2.24, 2.45) is 5.92 Å². The Morgan fingerprint density at radius 3 is 2.47 bits per heavy atom. The summed E-state index contributed by atoms with van der Waals surface area (Å²) >= 11 is 1.07. The predicted molar refractivity (Wildman–Crippen MR) is 139 cm³/mol. The van der Waals surface area contributed by atoms with Gasteiger partial charge >= 0.3 is 6.18 Å². The molecule has 2 N–H and O–H groups in total. The smallest absolute Gasteiger partial charge is 0.416 e. The topological polar surface area (TPSA) is 98.1 Å². The van der Waals surface area contributed by atoms with Crippen molar-refractivity contribution in [1.29, 1.82) is 0 Å². The van der Waals surface area contributed by atoms with E-state index >= 15 is 0 Å². The number of nitrogens with zero attached hydrogens (tertiary/aromatic N) is 3. The van der Waals surface area contributed by atoms with Crippen LogP contribution in [0.4, 0.5) is 18.9 Å². The zero-order chi connectivity index (χ0) is 27.9. The Morgan fingerprint density at radius 2 is 1.87 bits per heavy atom. The van der Waals surface area contributed by atoms with Crippen LogP contribution >= 0.6 is 11.8 Å². The molecule has 8 nitrogen and oxygen atoms in total. The van der Waals surface area contributed by atoms with Crippen molar-refractivity contribution in [3.8, 4) is 5.75 Å². The minimum Gasteiger partial charge on any atom is -0.497 e. The van der Waals surface area contributed by atoms with E-state index in [0.717, 1.165) is 23.9 Å². The Labute approximate surface area is 222 Å². The second kappa shape index (κ2) is 12.6. The Balaban J connectivity index is 1.73. The highest BCUT2D eigenvalue weighted by Crippen LogP contribution is 2.31. The van der Waals surface area contributed by atoms with Crippen molar-refractivity contribution in [3.05, 3.63) is 78.1 Å². The first kappa shape index (κ1) is 28.8. The molecule has 0 aliphatic heterocycles. The van der Waals surface area contributed by atoms with Gasteiger partial charge in [-0.2, -0.15) is 13.2 Å². The third kappa shape index (κ3) is 7.37. The SMILES string of the molecule is C=CCn1c(SCC(=O)Nc2cccc(C(F)(F)F)c2)nnc1[C@H](NC(=O)c1ccc(OC)cc1)C(C)C. The van der Waals surface area contributed by atoms with Crippen molar-refractivity contribution in [2.75, 3.05) is 18.2 Å². The lowest BCUT2D eigenvalue weighted by Gasteiger charge is -2.22. The van der Waals surface area contributed by atoms with Gasteiger partial charge in [-0.05, 0) is 48.4 Å². The molecule has 0 saturated carbocycles. The van der Waals surface area contributed by atoms with Gasteiger partial charge in [0, 0.05) is 17.8 Å². The summed E-state index contributed by atoms with van der Waals surface area (Å²) in [4.78, 5) is 25.4. The van der Waals surface area contributed by atoms with Gasteiger partial charge in [0.2, 0.25) is 5.91 Å². The van der Waals surface area contributed by atoms with Gasteiger partial charge in [-0.1, -0.05) is 37.8 Å². The molecule has 0 aliphatic rings. The van der Waals surface area contributed by atoms with Crippen LogP contribution in [-0.2, 0) is 17.5 Å². The Hall–Kier alpha value is -3.80. The summed E-state index contributed by atoms with van der Waals surface area (Å²) in [6.45, 7) is 7.95. The number of allylic oxidation sites excluding steroid dienone is 1. The average Bonchev–Trinajstić information content (AvgIpc) is 3.27. The van der Waals surface area contributed by atoms with Crippen LogP contribution in [0, 0.1) is 5.92 Å². The zero-order valence-electron chi connectivity index (χ0n) is 21.1. The number of aromatic nitrogens is 3. The number of hydrogen-bond acceptors (Lipinski definition) is 6. The van der Waals surface area contributed by atoms with Crippen molar-refractivity contribution in [2.45, 2.75) is 37.8 Å². The molecule has 0 aliphatic carbocycles. The van der Waals surface area contributed by atoms with E-state index in [0.29, 0.717) is 28.8 Å². The molecule has 2 amide bonds. The predicted octanol–water partition coefficient (Wildman–Crippen LogP) is 5.35. The molecular formula is C26H28F3N5O3S. The molecule has 0 fully saturated rings. The number of benzene rings is 2. The molecule has 0 unspecified atom stereocenters. The summed E-state index contributed by atoms with van der Waals surface area (Å²) in [5.74, 6) is 0.156. The molecule has 38 heavy (non-hydrogen) atoms. The number of anilines is 1. The Morgan fingerprint density at radius 1 is 1.16 bits per heavy atom. The molecule has 12 heteroatoms. The number of amides is 2. The number of rotatable bonds is 11. The third-order valence-electron chi connectivity index (χ3n) is 5.45. The number of carbonyl (C=O) groups is 2. The van der Waals surface area contributed by atoms with E-state index in [1.165, 1.54) is 12.1 Å². The van der Waals surface area contributed by atoms with Gasteiger partial charge in [-0.3, -0.25) is 9.59 Å². The zero-order valence-corrected chi connectivity index (χ0v) is 21.9. The lowest BCUT2D eigenvalue weighted by atomic mass is 10.0. The molecule has 0 radical (unpaired) electrons. The fraction of sp³-hybridized carbons (Fsp3) is 0.308. The number of thioether (sulfide) groups is 1. The van der Waals surface area contributed by atoms with Gasteiger partial charge in [0.15, 0.2) is 11.0 Å². The standard InChI is InChI=1S/C26H28F3N5O3S/c1-5-13-34-23(22(16(2)3)31-24(36)17-9-11-20(37-4)12-10-17)32-33-25(34)38-15-21(35)30-19-8-6-7-18(14-19)26(27,28)29/h5-12,14,16,22H,1,13,15H2,2-4H3,(H,30,35)(H,31,36)/t22-/m1/s1. The summed E-state index contributed by atoms with van der Waals surface area (Å²) in [6, 6.07) is 10.6. The summed E-state index contributed by atoms with van der Waals surface area (Å²) in [6.07, 6.45) is -2.87. The van der Waals surface area contributed by atoms with Gasteiger partial charge in [-0.25, -0.2) is 0 Å². The molecule has 1 atom stereocenters. The van der Waals surface area contributed by atoms with E-state index in [2.05, 4.69) is 27.4 Å². The molecular weight excluding hydrogens is 519 g/mol. The molecule has 202 valence electrons. The minimum absolute atomic E-state index is 0.0415. The van der Waals surface area contributed by atoms with Crippen LogP contribution in [0.2, 0.25) is 0 Å². The van der Waals surface area contributed by atoms with Gasteiger partial charge < -0.3 is 19.9 Å². The summed E-state index contributed by atoms with van der Waals surface area (Å²) < 4.78 is 45.7. The van der Waals surface area contributed by atoms with Crippen molar-refractivity contribution in [3.63, 3.8) is 0 Å². The molecule has 1 heterocycles. The van der Waals surface area contributed by atoms with E-state index in [4.69, 9.17) is 4.74 Å². The second-order valence-electron chi connectivity index (χ2n) is 8.58. The molecule has 2 aromatic carbocycles. The number of hydrogen-bond donors (Lipinski definition) is 2. The summed E-state index contributed by atoms with van der Waals surface area (Å²) in [5.41, 5.74) is -0.360. The van der Waals surface area contributed by atoms with Crippen LogP contribution < -0.4 is 15.4 Å². The minimum atomic E-state index is -4.51. The Kier molecular flexibility index (Phi) is 9.56. The Bertz CT molecular complexity index is 1280. The first-order valence-corrected chi connectivity index (χ1v) is 12.6. The van der Waals surface area contributed by atoms with Gasteiger partial charge in [0.1, 0.15) is 5.75 Å². The highest BCUT2D eigenvalue weighted by atomic mass is 32.2. The quantitative estimate of drug-likeness (QED) is 0.248. The van der Waals surface area contributed by atoms with Gasteiger partial charge in [-0.15, -0.1) is 16.8 Å². The highest BCUT2D eigenvalue weighted by Gasteiger charge is 2.30. The number of carbonyl (C=O) groups excluding carboxylic acids is 2. The van der Waals surface area contributed by atoms with E-state index in [1.807, 2.05) is 13.8 Å². The first-order valence-electron chi connectivity index (χ1n) is 11.6. The van der Waals surface area contributed by atoms with Crippen LogP contribution in [0.1, 0.15) is 41.6 Å². The van der Waals surface area contributed by atoms with E-state index in [-0.39, 0.29) is 23.3 Å². The van der Waals surface area contributed by atoms with Gasteiger partial charge in [0.25, 0.3) is 5.91 Å². The van der Waals surface area contributed by atoms with Crippen molar-refractivity contribution < 1.29 is 27.5 Å². The van der Waals surface area contributed by atoms with Crippen LogP contribution in [0.25, 0.3) is 0 Å². The van der Waals surface area contributed by atoms with Crippen molar-refractivity contribution in [1.82, 2.24) is 20.1 Å². The molecule has 0 bridgehead atoms. The molecule has 3 rings (SSSR count). The van der Waals surface area contributed by atoms with E-state index in [9.17, 15) is 22.8 Å². The number of ether oxygens (including phenoxy) is 1. The normalized spacial score (nSPS) is 12.2. The average molecular weight is 548 g/mol. The van der Waals surface area contributed by atoms with Crippen LogP contribution in [0.5, 0.6) is 5.75 Å². The maximum atomic E-state index is 12.9. The van der Waals surface area contributed by atoms with Crippen LogP contribution in [-0.4, -0.2) is 39.4 Å². The number of methoxy groups -OCH3 is 1. The summed E-state index contributed by atoms with van der Waals surface area (Å²) in [7, 11) is 1.54. The molecule has 0 spiro atoms. The second-order valence-corrected chi connectivity index (χ2v) is 9.52. The molecule has 1 aromatic heterocycles. The monoisotopic (exact) mass is 547 g/mol. The number of halogens is 3. The fourth-order valence-electron chi connectivity index (χ4n) is 3.53. The lowest BCUT2D eigenvalue weighted by molar-refractivity contribution is -0.137. The maximum Gasteiger partial charge on any atom is 0.416 e. The fourth-order valence-corrected chi connectivity index (χ4v) is 4.29. The lowest BCUT2D eigenvalue weighted by Crippen LogP contribution is -2.33. The van der Waals surface area contributed by atoms with E-state index in [1.54, 1.807) is 42.0 Å². The maximum absolute atomic E-state index is 12.9. The van der Waals surface area contributed by atoms with E-state index < -0.39 is 23.7 Å². The van der Waals surface area contributed by atoms with Gasteiger partial charge in [0.05, 0.1) is 24.5 Å². The third-order valence-corrected chi connectivity index (χ3v) is 6.41. The van der Waals surface area contributed by atoms with Crippen LogP contribution in [0.3, 0.4) is 0 Å². The first-order chi connectivity index (χ1) is 18.0. The van der Waals surface area contributed by atoms with Crippen LogP contribution in [0.15, 0.2) is 66.3 Å². The number of nitrogens with one attached hydrogen (secondary N) is 2.